The Morgan fingerprint density at radius 1 is 1.60 bits per heavy atom. The van der Waals surface area contributed by atoms with Gasteiger partial charge in [-0.3, -0.25) is 0 Å². The van der Waals surface area contributed by atoms with Gasteiger partial charge in [0.25, 0.3) is 5.97 Å². The van der Waals surface area contributed by atoms with Gasteiger partial charge >= 0.3 is 0 Å². The molecule has 0 fully saturated rings. The van der Waals surface area contributed by atoms with E-state index in [9.17, 15) is 0 Å². The van der Waals surface area contributed by atoms with Crippen LogP contribution in [0.15, 0.2) is 5.11 Å². The molecule has 0 aliphatic rings. The molecule has 0 aliphatic carbocycles. The van der Waals surface area contributed by atoms with E-state index in [0.29, 0.717) is 0 Å². The maximum absolute atomic E-state index is 8.34. The van der Waals surface area contributed by atoms with Crippen molar-refractivity contribution in [3.05, 3.63) is 10.4 Å². The van der Waals surface area contributed by atoms with E-state index in [4.69, 9.17) is 20.9 Å². The van der Waals surface area contributed by atoms with Crippen molar-refractivity contribution in [1.29, 1.82) is 0 Å². The molecular formula is C4H9N3O3. The van der Waals surface area contributed by atoms with Gasteiger partial charge in [0.05, 0.1) is 0 Å². The first-order valence-electron chi connectivity index (χ1n) is 2.67. The molecule has 0 bridgehead atoms. The fourth-order valence-corrected chi connectivity index (χ4v) is 0.525. The van der Waals surface area contributed by atoms with E-state index in [2.05, 4.69) is 10.0 Å². The monoisotopic (exact) mass is 147 g/mol. The summed E-state index contributed by atoms with van der Waals surface area (Å²) in [5.74, 6) is -2.74. The zero-order valence-corrected chi connectivity index (χ0v) is 5.47. The summed E-state index contributed by atoms with van der Waals surface area (Å²) >= 11 is 0. The number of azide groups is 1. The summed E-state index contributed by atoms with van der Waals surface area (Å²) < 4.78 is 0. The van der Waals surface area contributed by atoms with Crippen LogP contribution in [0, 0.1) is 0 Å². The SMILES string of the molecule is CC(CC(O)(O)O)N=[N+]=[N-]. The number of nitrogens with zero attached hydrogens (tertiary/aromatic N) is 3. The summed E-state index contributed by atoms with van der Waals surface area (Å²) in [4.78, 5) is 2.41. The summed E-state index contributed by atoms with van der Waals surface area (Å²) in [5.41, 5.74) is 7.85. The highest BCUT2D eigenvalue weighted by molar-refractivity contribution is 4.63. The second-order valence-corrected chi connectivity index (χ2v) is 2.03. The van der Waals surface area contributed by atoms with Crippen molar-refractivity contribution in [2.75, 3.05) is 0 Å². The van der Waals surface area contributed by atoms with E-state index in [-0.39, 0.29) is 0 Å². The molecule has 0 rings (SSSR count). The smallest absolute Gasteiger partial charge is 0.275 e. The van der Waals surface area contributed by atoms with Gasteiger partial charge in [0.2, 0.25) is 0 Å². The number of hydrogen-bond acceptors (Lipinski definition) is 4. The first-order chi connectivity index (χ1) is 4.45. The molecule has 0 spiro atoms. The molecule has 10 heavy (non-hydrogen) atoms. The maximum Gasteiger partial charge on any atom is 0.275 e. The Morgan fingerprint density at radius 2 is 2.10 bits per heavy atom. The highest BCUT2D eigenvalue weighted by atomic mass is 16.7. The minimum absolute atomic E-state index is 0.392. The molecule has 1 unspecified atom stereocenters. The van der Waals surface area contributed by atoms with Gasteiger partial charge in [-0.25, -0.2) is 0 Å². The topological polar surface area (TPSA) is 109 Å². The van der Waals surface area contributed by atoms with Crippen molar-refractivity contribution in [2.24, 2.45) is 5.11 Å². The molecule has 3 N–H and O–H groups in total. The third-order valence-corrected chi connectivity index (χ3v) is 0.818. The van der Waals surface area contributed by atoms with Crippen LogP contribution < -0.4 is 0 Å². The molecule has 0 saturated heterocycles. The van der Waals surface area contributed by atoms with E-state index >= 15 is 0 Å². The molecule has 0 aromatic rings. The Kier molecular flexibility index (Phi) is 3.11. The van der Waals surface area contributed by atoms with E-state index in [1.807, 2.05) is 0 Å². The average Bonchev–Trinajstić information content (AvgIpc) is 1.59. The van der Waals surface area contributed by atoms with Gasteiger partial charge in [0.1, 0.15) is 0 Å². The van der Waals surface area contributed by atoms with E-state index in [0.717, 1.165) is 0 Å². The lowest BCUT2D eigenvalue weighted by molar-refractivity contribution is -0.315. The Labute approximate surface area is 57.4 Å². The lowest BCUT2D eigenvalue weighted by Gasteiger charge is -2.15. The van der Waals surface area contributed by atoms with Crippen LogP contribution in [-0.2, 0) is 0 Å². The summed E-state index contributed by atoms with van der Waals surface area (Å²) in [7, 11) is 0. The molecule has 0 radical (unpaired) electrons. The van der Waals surface area contributed by atoms with E-state index in [1.54, 1.807) is 0 Å². The minimum Gasteiger partial charge on any atom is -0.344 e. The van der Waals surface area contributed by atoms with Crippen LogP contribution in [0.5, 0.6) is 0 Å². The van der Waals surface area contributed by atoms with Gasteiger partial charge in [-0.15, -0.1) is 0 Å². The lowest BCUT2D eigenvalue weighted by atomic mass is 10.2. The second kappa shape index (κ2) is 3.38. The molecule has 0 aromatic heterocycles. The normalized spacial score (nSPS) is 14.0. The highest BCUT2D eigenvalue weighted by Gasteiger charge is 2.20. The van der Waals surface area contributed by atoms with Crippen molar-refractivity contribution in [1.82, 2.24) is 0 Å². The molecular weight excluding hydrogens is 138 g/mol. The fraction of sp³-hybridized carbons (Fsp3) is 1.00. The molecule has 58 valence electrons. The van der Waals surface area contributed by atoms with Crippen molar-refractivity contribution in [2.45, 2.75) is 25.4 Å². The number of rotatable bonds is 3. The van der Waals surface area contributed by atoms with E-state index < -0.39 is 18.4 Å². The van der Waals surface area contributed by atoms with Gasteiger partial charge in [0, 0.05) is 17.4 Å². The highest BCUT2D eigenvalue weighted by Crippen LogP contribution is 2.07. The van der Waals surface area contributed by atoms with Crippen LogP contribution in [0.3, 0.4) is 0 Å². The minimum atomic E-state index is -2.74. The van der Waals surface area contributed by atoms with Gasteiger partial charge in [-0.1, -0.05) is 12.0 Å². The van der Waals surface area contributed by atoms with Crippen LogP contribution in [0.4, 0.5) is 0 Å². The van der Waals surface area contributed by atoms with Crippen molar-refractivity contribution in [3.63, 3.8) is 0 Å². The van der Waals surface area contributed by atoms with Crippen LogP contribution >= 0.6 is 0 Å². The Morgan fingerprint density at radius 3 is 2.40 bits per heavy atom. The van der Waals surface area contributed by atoms with E-state index in [1.165, 1.54) is 6.92 Å². The van der Waals surface area contributed by atoms with Crippen molar-refractivity contribution >= 4 is 0 Å². The third-order valence-electron chi connectivity index (χ3n) is 0.818. The fourth-order valence-electron chi connectivity index (χ4n) is 0.525. The largest absolute Gasteiger partial charge is 0.344 e. The molecule has 6 heteroatoms. The van der Waals surface area contributed by atoms with Crippen LogP contribution in [-0.4, -0.2) is 27.3 Å². The van der Waals surface area contributed by atoms with Crippen LogP contribution in [0.2, 0.25) is 0 Å². The zero-order chi connectivity index (χ0) is 8.20. The summed E-state index contributed by atoms with van der Waals surface area (Å²) in [6, 6.07) is -0.634. The first kappa shape index (κ1) is 9.19. The third kappa shape index (κ3) is 5.33. The molecule has 0 saturated carbocycles. The summed E-state index contributed by atoms with van der Waals surface area (Å²) in [5, 5.41) is 28.1. The Hall–Kier alpha value is -0.810. The lowest BCUT2D eigenvalue weighted by Crippen LogP contribution is -2.30. The predicted molar refractivity (Wildman–Crippen MR) is 32.6 cm³/mol. The Balaban J connectivity index is 3.79. The van der Waals surface area contributed by atoms with Gasteiger partial charge < -0.3 is 15.3 Å². The number of hydrogen-bond donors (Lipinski definition) is 3. The molecule has 0 aromatic carbocycles. The van der Waals surface area contributed by atoms with Gasteiger partial charge in [-0.2, -0.15) is 0 Å². The summed E-state index contributed by atoms with van der Waals surface area (Å²) in [6.07, 6.45) is -0.392. The average molecular weight is 147 g/mol. The standard InChI is InChI=1S/C4H9N3O3/c1-3(6-7-5)2-4(8,9)10/h3,8-10H,2H2,1H3. The molecule has 6 nitrogen and oxygen atoms in total. The zero-order valence-electron chi connectivity index (χ0n) is 5.47. The van der Waals surface area contributed by atoms with Gasteiger partial charge in [0.15, 0.2) is 0 Å². The molecule has 0 heterocycles. The molecule has 0 aliphatic heterocycles. The second-order valence-electron chi connectivity index (χ2n) is 2.03. The Bertz CT molecular complexity index is 146. The summed E-state index contributed by atoms with van der Waals surface area (Å²) in [6.45, 7) is 1.46. The van der Waals surface area contributed by atoms with Crippen molar-refractivity contribution in [3.8, 4) is 0 Å². The van der Waals surface area contributed by atoms with Crippen LogP contribution in [0.1, 0.15) is 13.3 Å². The molecule has 0 amide bonds. The number of aliphatic hydroxyl groups is 3. The van der Waals surface area contributed by atoms with Crippen LogP contribution in [0.25, 0.3) is 10.4 Å². The molecule has 1 atom stereocenters. The quantitative estimate of drug-likeness (QED) is 0.221. The van der Waals surface area contributed by atoms with Crippen molar-refractivity contribution < 1.29 is 15.3 Å². The predicted octanol–water partition coefficient (Wildman–Crippen LogP) is -0.294. The first-order valence-corrected chi connectivity index (χ1v) is 2.67. The maximum atomic E-state index is 8.34. The van der Waals surface area contributed by atoms with Gasteiger partial charge in [-0.05, 0) is 5.53 Å².